The number of carbonyl (C=O) groups excluding carboxylic acids is 2. The van der Waals surface area contributed by atoms with Crippen molar-refractivity contribution in [2.24, 2.45) is 5.41 Å². The number of hydrogen-bond acceptors (Lipinski definition) is 5. The Morgan fingerprint density at radius 2 is 1.74 bits per heavy atom. The standard InChI is InChI=1S/C19H26ClNO6/c1-5-15(26-17(24)19(2,3)4)27-18(25)21-11-10-14(16(22)23)12-6-8-13(20)9-7-12/h6-9,14-15H,5,10-11H2,1-4H3,(H,21,25)(H,22,23). The van der Waals surface area contributed by atoms with Crippen molar-refractivity contribution in [3.63, 3.8) is 0 Å². The summed E-state index contributed by atoms with van der Waals surface area (Å²) in [7, 11) is 0. The van der Waals surface area contributed by atoms with Crippen LogP contribution in [-0.4, -0.2) is 36.0 Å². The summed E-state index contributed by atoms with van der Waals surface area (Å²) in [5.74, 6) is -2.27. The van der Waals surface area contributed by atoms with Crippen molar-refractivity contribution in [2.75, 3.05) is 6.54 Å². The highest BCUT2D eigenvalue weighted by atomic mass is 35.5. The number of ether oxygens (including phenoxy) is 2. The van der Waals surface area contributed by atoms with Gasteiger partial charge in [0.15, 0.2) is 0 Å². The minimum absolute atomic E-state index is 0.0854. The molecule has 0 aliphatic rings. The number of nitrogens with one attached hydrogen (secondary N) is 1. The van der Waals surface area contributed by atoms with Crippen LogP contribution in [0, 0.1) is 5.41 Å². The molecule has 150 valence electrons. The topological polar surface area (TPSA) is 102 Å². The number of carbonyl (C=O) groups is 3. The molecule has 0 aliphatic carbocycles. The number of halogens is 1. The Kier molecular flexibility index (Phi) is 8.56. The maximum atomic E-state index is 11.9. The molecule has 1 amide bonds. The van der Waals surface area contributed by atoms with Crippen molar-refractivity contribution in [1.82, 2.24) is 5.32 Å². The molecule has 0 radical (unpaired) electrons. The fourth-order valence-electron chi connectivity index (χ4n) is 2.09. The van der Waals surface area contributed by atoms with Gasteiger partial charge in [0.25, 0.3) is 0 Å². The maximum Gasteiger partial charge on any atom is 0.410 e. The fourth-order valence-corrected chi connectivity index (χ4v) is 2.22. The second-order valence-corrected chi connectivity index (χ2v) is 7.49. The van der Waals surface area contributed by atoms with Gasteiger partial charge in [-0.25, -0.2) is 4.79 Å². The van der Waals surface area contributed by atoms with Gasteiger partial charge in [0.2, 0.25) is 6.29 Å². The summed E-state index contributed by atoms with van der Waals surface area (Å²) < 4.78 is 10.2. The molecule has 8 heteroatoms. The molecule has 2 N–H and O–H groups in total. The van der Waals surface area contributed by atoms with Gasteiger partial charge in [0.05, 0.1) is 11.3 Å². The smallest absolute Gasteiger partial charge is 0.410 e. The van der Waals surface area contributed by atoms with E-state index < -0.39 is 35.7 Å². The molecule has 7 nitrogen and oxygen atoms in total. The van der Waals surface area contributed by atoms with Gasteiger partial charge in [0, 0.05) is 18.0 Å². The number of carboxylic acids is 1. The molecule has 27 heavy (non-hydrogen) atoms. The summed E-state index contributed by atoms with van der Waals surface area (Å²) in [6.45, 7) is 6.90. The number of amides is 1. The Labute approximate surface area is 164 Å². The predicted molar refractivity (Wildman–Crippen MR) is 101 cm³/mol. The van der Waals surface area contributed by atoms with E-state index in [9.17, 15) is 19.5 Å². The SMILES string of the molecule is CCC(OC(=O)NCCC(C(=O)O)c1ccc(Cl)cc1)OC(=O)C(C)(C)C. The van der Waals surface area contributed by atoms with E-state index in [1.54, 1.807) is 52.0 Å². The minimum atomic E-state index is -1.00. The normalized spacial score (nSPS) is 13.4. The zero-order valence-electron chi connectivity index (χ0n) is 16.0. The first-order chi connectivity index (χ1) is 12.5. The molecule has 1 aromatic rings. The van der Waals surface area contributed by atoms with Crippen LogP contribution >= 0.6 is 11.6 Å². The van der Waals surface area contributed by atoms with E-state index in [0.29, 0.717) is 17.0 Å². The van der Waals surface area contributed by atoms with Gasteiger partial charge in [-0.3, -0.25) is 9.59 Å². The highest BCUT2D eigenvalue weighted by Gasteiger charge is 2.27. The van der Waals surface area contributed by atoms with Crippen LogP contribution in [0.25, 0.3) is 0 Å². The first-order valence-corrected chi connectivity index (χ1v) is 9.06. The largest absolute Gasteiger partial charge is 0.481 e. The summed E-state index contributed by atoms with van der Waals surface area (Å²) in [4.78, 5) is 35.2. The van der Waals surface area contributed by atoms with E-state index in [0.717, 1.165) is 0 Å². The van der Waals surface area contributed by atoms with Crippen LogP contribution in [0.5, 0.6) is 0 Å². The van der Waals surface area contributed by atoms with Gasteiger partial charge in [-0.15, -0.1) is 0 Å². The van der Waals surface area contributed by atoms with Crippen molar-refractivity contribution >= 4 is 29.6 Å². The fraction of sp³-hybridized carbons (Fsp3) is 0.526. The van der Waals surface area contributed by atoms with Crippen LogP contribution in [0.4, 0.5) is 4.79 Å². The van der Waals surface area contributed by atoms with E-state index in [1.807, 2.05) is 0 Å². The van der Waals surface area contributed by atoms with Crippen LogP contribution in [0.1, 0.15) is 52.0 Å². The van der Waals surface area contributed by atoms with E-state index in [4.69, 9.17) is 21.1 Å². The molecule has 0 spiro atoms. The molecular formula is C19H26ClNO6. The lowest BCUT2D eigenvalue weighted by Crippen LogP contribution is -2.35. The zero-order valence-corrected chi connectivity index (χ0v) is 16.7. The molecule has 2 unspecified atom stereocenters. The summed E-state index contributed by atoms with van der Waals surface area (Å²) in [5, 5.41) is 12.4. The number of rotatable bonds is 8. The Balaban J connectivity index is 2.53. The second-order valence-electron chi connectivity index (χ2n) is 7.06. The van der Waals surface area contributed by atoms with Crippen LogP contribution in [0.15, 0.2) is 24.3 Å². The molecule has 2 atom stereocenters. The lowest BCUT2D eigenvalue weighted by atomic mass is 9.96. The van der Waals surface area contributed by atoms with Crippen molar-refractivity contribution in [3.05, 3.63) is 34.9 Å². The summed E-state index contributed by atoms with van der Waals surface area (Å²) >= 11 is 5.81. The van der Waals surface area contributed by atoms with Crippen molar-refractivity contribution in [2.45, 2.75) is 52.7 Å². The number of esters is 1. The number of alkyl carbamates (subject to hydrolysis) is 1. The Hall–Kier alpha value is -2.28. The molecule has 0 saturated carbocycles. The van der Waals surface area contributed by atoms with Crippen LogP contribution in [-0.2, 0) is 19.1 Å². The first kappa shape index (κ1) is 22.8. The highest BCUT2D eigenvalue weighted by Crippen LogP contribution is 2.22. The Morgan fingerprint density at radius 1 is 1.15 bits per heavy atom. The zero-order chi connectivity index (χ0) is 20.6. The van der Waals surface area contributed by atoms with E-state index in [2.05, 4.69) is 5.32 Å². The summed E-state index contributed by atoms with van der Waals surface area (Å²) in [6.07, 6.45) is -1.30. The van der Waals surface area contributed by atoms with Gasteiger partial charge in [-0.2, -0.15) is 0 Å². The minimum Gasteiger partial charge on any atom is -0.481 e. The first-order valence-electron chi connectivity index (χ1n) is 8.68. The third-order valence-electron chi connectivity index (χ3n) is 3.70. The van der Waals surface area contributed by atoms with Crippen LogP contribution in [0.3, 0.4) is 0 Å². The third-order valence-corrected chi connectivity index (χ3v) is 3.95. The van der Waals surface area contributed by atoms with Crippen molar-refractivity contribution in [3.8, 4) is 0 Å². The molecular weight excluding hydrogens is 374 g/mol. The molecule has 0 aliphatic heterocycles. The number of benzene rings is 1. The van der Waals surface area contributed by atoms with Crippen molar-refractivity contribution < 1.29 is 29.0 Å². The third kappa shape index (κ3) is 7.86. The van der Waals surface area contributed by atoms with E-state index in [-0.39, 0.29) is 13.0 Å². The van der Waals surface area contributed by atoms with Crippen molar-refractivity contribution in [1.29, 1.82) is 0 Å². The molecule has 0 fully saturated rings. The lowest BCUT2D eigenvalue weighted by molar-refractivity contribution is -0.177. The predicted octanol–water partition coefficient (Wildman–Crippen LogP) is 3.95. The van der Waals surface area contributed by atoms with Gasteiger partial charge in [0.1, 0.15) is 0 Å². The van der Waals surface area contributed by atoms with E-state index in [1.165, 1.54) is 0 Å². The monoisotopic (exact) mass is 399 g/mol. The Morgan fingerprint density at radius 3 is 2.22 bits per heavy atom. The second kappa shape index (κ2) is 10.2. The molecule has 0 bridgehead atoms. The van der Waals surface area contributed by atoms with Gasteiger partial charge in [-0.05, 0) is 44.9 Å². The van der Waals surface area contributed by atoms with Crippen LogP contribution < -0.4 is 5.32 Å². The van der Waals surface area contributed by atoms with Gasteiger partial charge >= 0.3 is 18.0 Å². The maximum absolute atomic E-state index is 11.9. The Bertz CT molecular complexity index is 653. The molecule has 0 saturated heterocycles. The molecule has 0 heterocycles. The molecule has 1 rings (SSSR count). The summed E-state index contributed by atoms with van der Waals surface area (Å²) in [5.41, 5.74) is -0.117. The molecule has 1 aromatic carbocycles. The average molecular weight is 400 g/mol. The number of hydrogen-bond donors (Lipinski definition) is 2. The molecule has 0 aromatic heterocycles. The lowest BCUT2D eigenvalue weighted by Gasteiger charge is -2.22. The van der Waals surface area contributed by atoms with Crippen LogP contribution in [0.2, 0.25) is 5.02 Å². The average Bonchev–Trinajstić information content (AvgIpc) is 2.58. The number of aliphatic carboxylic acids is 1. The summed E-state index contributed by atoms with van der Waals surface area (Å²) in [6, 6.07) is 6.50. The van der Waals surface area contributed by atoms with E-state index >= 15 is 0 Å². The highest BCUT2D eigenvalue weighted by molar-refractivity contribution is 6.30. The van der Waals surface area contributed by atoms with Gasteiger partial charge < -0.3 is 19.9 Å². The number of carboxylic acid groups (broad SMARTS) is 1. The van der Waals surface area contributed by atoms with Gasteiger partial charge in [-0.1, -0.05) is 30.7 Å². The quantitative estimate of drug-likeness (QED) is 0.507.